The van der Waals surface area contributed by atoms with E-state index in [9.17, 15) is 14.4 Å². The van der Waals surface area contributed by atoms with Crippen molar-refractivity contribution < 1.29 is 14.4 Å². The van der Waals surface area contributed by atoms with Crippen molar-refractivity contribution >= 4 is 17.7 Å². The fraction of sp³-hybridized carbons (Fsp3) is 0.474. The molecule has 1 N–H and O–H groups in total. The average molecular weight is 382 g/mol. The zero-order valence-corrected chi connectivity index (χ0v) is 15.5. The third-order valence-electron chi connectivity index (χ3n) is 5.19. The van der Waals surface area contributed by atoms with Crippen molar-refractivity contribution in [3.63, 3.8) is 0 Å². The van der Waals surface area contributed by atoms with E-state index in [0.29, 0.717) is 17.0 Å². The van der Waals surface area contributed by atoms with Crippen LogP contribution in [0, 0.1) is 0 Å². The number of fused-ring (bicyclic) bond motifs is 1. The number of nitrogens with zero attached hydrogens (tertiary/aromatic N) is 5. The van der Waals surface area contributed by atoms with Crippen molar-refractivity contribution in [2.75, 3.05) is 6.54 Å². The van der Waals surface area contributed by atoms with Crippen LogP contribution in [0.2, 0.25) is 0 Å². The van der Waals surface area contributed by atoms with E-state index >= 15 is 0 Å². The molecular formula is C19H22N6O3. The summed E-state index contributed by atoms with van der Waals surface area (Å²) in [7, 11) is 0. The molecule has 0 atom stereocenters. The standard InChI is InChI=1S/C19H22N6O3/c26-17(20-13-6-2-1-3-7-13)12-25-22-16(21-23-25)10-11-24-18(27)14-8-4-5-9-15(14)19(24)28/h4-5,8-9,13H,1-3,6-7,10-12H2,(H,20,26). The predicted octanol–water partition coefficient (Wildman–Crippen LogP) is 0.961. The van der Waals surface area contributed by atoms with Crippen LogP contribution in [0.25, 0.3) is 0 Å². The van der Waals surface area contributed by atoms with E-state index in [1.165, 1.54) is 16.1 Å². The Kier molecular flexibility index (Phi) is 5.14. The van der Waals surface area contributed by atoms with E-state index in [0.717, 1.165) is 25.7 Å². The first-order chi connectivity index (χ1) is 13.6. The fourth-order valence-corrected chi connectivity index (χ4v) is 3.75. The Bertz CT molecular complexity index is 868. The lowest BCUT2D eigenvalue weighted by Gasteiger charge is -2.22. The van der Waals surface area contributed by atoms with Gasteiger partial charge >= 0.3 is 0 Å². The van der Waals surface area contributed by atoms with Crippen LogP contribution in [0.5, 0.6) is 0 Å². The van der Waals surface area contributed by atoms with Crippen molar-refractivity contribution in [2.45, 2.75) is 51.1 Å². The van der Waals surface area contributed by atoms with Gasteiger partial charge in [0.2, 0.25) is 5.91 Å². The van der Waals surface area contributed by atoms with Gasteiger partial charge in [-0.05, 0) is 30.2 Å². The molecule has 1 aromatic carbocycles. The van der Waals surface area contributed by atoms with E-state index < -0.39 is 0 Å². The molecule has 4 rings (SSSR count). The van der Waals surface area contributed by atoms with Gasteiger partial charge in [-0.2, -0.15) is 4.80 Å². The Labute approximate surface area is 162 Å². The summed E-state index contributed by atoms with van der Waals surface area (Å²) in [5.41, 5.74) is 0.840. The predicted molar refractivity (Wildman–Crippen MR) is 98.3 cm³/mol. The van der Waals surface area contributed by atoms with Gasteiger partial charge in [0, 0.05) is 19.0 Å². The maximum atomic E-state index is 12.4. The maximum Gasteiger partial charge on any atom is 0.261 e. The van der Waals surface area contributed by atoms with Crippen molar-refractivity contribution in [1.82, 2.24) is 30.4 Å². The lowest BCUT2D eigenvalue weighted by atomic mass is 9.95. The molecule has 1 aromatic heterocycles. The molecule has 1 saturated carbocycles. The zero-order chi connectivity index (χ0) is 19.5. The second kappa shape index (κ2) is 7.87. The molecule has 0 bridgehead atoms. The summed E-state index contributed by atoms with van der Waals surface area (Å²) < 4.78 is 0. The Hall–Kier alpha value is -3.10. The Morgan fingerprint density at radius 3 is 2.43 bits per heavy atom. The number of rotatable bonds is 6. The minimum absolute atomic E-state index is 0.0104. The van der Waals surface area contributed by atoms with Gasteiger partial charge < -0.3 is 5.32 Å². The van der Waals surface area contributed by atoms with Crippen molar-refractivity contribution in [2.24, 2.45) is 0 Å². The summed E-state index contributed by atoms with van der Waals surface area (Å²) in [5.74, 6) is -0.349. The number of nitrogens with one attached hydrogen (secondary N) is 1. The smallest absolute Gasteiger partial charge is 0.261 e. The minimum Gasteiger partial charge on any atom is -0.352 e. The summed E-state index contributed by atoms with van der Waals surface area (Å²) in [6.07, 6.45) is 5.84. The number of carbonyl (C=O) groups is 3. The second-order valence-electron chi connectivity index (χ2n) is 7.20. The van der Waals surface area contributed by atoms with Gasteiger partial charge in [-0.15, -0.1) is 10.2 Å². The van der Waals surface area contributed by atoms with Gasteiger partial charge in [-0.1, -0.05) is 31.4 Å². The van der Waals surface area contributed by atoms with Crippen LogP contribution in [0.1, 0.15) is 58.6 Å². The summed E-state index contributed by atoms with van der Waals surface area (Å²) in [5, 5.41) is 15.0. The molecule has 0 unspecified atom stereocenters. The minimum atomic E-state index is -0.306. The SMILES string of the molecule is O=C(Cn1nnc(CCN2C(=O)c3ccccc3C2=O)n1)NC1CCCCC1. The van der Waals surface area contributed by atoms with Crippen LogP contribution >= 0.6 is 0 Å². The molecule has 2 heterocycles. The number of hydrogen-bond donors (Lipinski definition) is 1. The Balaban J connectivity index is 1.30. The normalized spacial score (nSPS) is 17.1. The second-order valence-corrected chi connectivity index (χ2v) is 7.20. The van der Waals surface area contributed by atoms with Gasteiger partial charge in [-0.3, -0.25) is 19.3 Å². The summed E-state index contributed by atoms with van der Waals surface area (Å²) in [4.78, 5) is 39.3. The Morgan fingerprint density at radius 1 is 1.07 bits per heavy atom. The number of carbonyl (C=O) groups excluding carboxylic acids is 3. The van der Waals surface area contributed by atoms with E-state index in [1.54, 1.807) is 24.3 Å². The highest BCUT2D eigenvalue weighted by Gasteiger charge is 2.34. The highest BCUT2D eigenvalue weighted by atomic mass is 16.2. The third-order valence-corrected chi connectivity index (χ3v) is 5.19. The van der Waals surface area contributed by atoms with Crippen LogP contribution in [0.15, 0.2) is 24.3 Å². The van der Waals surface area contributed by atoms with E-state index in [2.05, 4.69) is 20.7 Å². The average Bonchev–Trinajstić information content (AvgIpc) is 3.24. The van der Waals surface area contributed by atoms with Crippen molar-refractivity contribution in [1.29, 1.82) is 0 Å². The molecule has 9 heteroatoms. The Morgan fingerprint density at radius 2 is 1.75 bits per heavy atom. The van der Waals surface area contributed by atoms with Crippen LogP contribution < -0.4 is 5.32 Å². The molecule has 0 spiro atoms. The molecule has 0 saturated heterocycles. The molecule has 1 aliphatic heterocycles. The molecule has 146 valence electrons. The fourth-order valence-electron chi connectivity index (χ4n) is 3.75. The van der Waals surface area contributed by atoms with Gasteiger partial charge in [0.15, 0.2) is 5.82 Å². The van der Waals surface area contributed by atoms with Crippen LogP contribution in [0.3, 0.4) is 0 Å². The van der Waals surface area contributed by atoms with E-state index in [1.807, 2.05) is 0 Å². The molecule has 2 aromatic rings. The first-order valence-corrected chi connectivity index (χ1v) is 9.63. The summed E-state index contributed by atoms with van der Waals surface area (Å²) in [6.45, 7) is 0.183. The first-order valence-electron chi connectivity index (χ1n) is 9.63. The van der Waals surface area contributed by atoms with Gasteiger partial charge in [-0.25, -0.2) is 0 Å². The molecule has 9 nitrogen and oxygen atoms in total. The lowest BCUT2D eigenvalue weighted by Crippen LogP contribution is -2.38. The quantitative estimate of drug-likeness (QED) is 0.745. The number of aromatic nitrogens is 4. The molecule has 0 radical (unpaired) electrons. The molecule has 28 heavy (non-hydrogen) atoms. The highest BCUT2D eigenvalue weighted by molar-refractivity contribution is 6.21. The molecule has 1 fully saturated rings. The van der Waals surface area contributed by atoms with Crippen LogP contribution in [-0.2, 0) is 17.8 Å². The maximum absolute atomic E-state index is 12.4. The number of imide groups is 1. The van der Waals surface area contributed by atoms with E-state index in [-0.39, 0.29) is 43.3 Å². The van der Waals surface area contributed by atoms with Crippen molar-refractivity contribution in [3.8, 4) is 0 Å². The third kappa shape index (κ3) is 3.78. The van der Waals surface area contributed by atoms with Gasteiger partial charge in [0.25, 0.3) is 11.8 Å². The number of tetrazole rings is 1. The monoisotopic (exact) mass is 382 g/mol. The van der Waals surface area contributed by atoms with Gasteiger partial charge in [0.1, 0.15) is 6.54 Å². The van der Waals surface area contributed by atoms with Gasteiger partial charge in [0.05, 0.1) is 11.1 Å². The zero-order valence-electron chi connectivity index (χ0n) is 15.5. The first kappa shape index (κ1) is 18.3. The topological polar surface area (TPSA) is 110 Å². The van der Waals surface area contributed by atoms with Crippen molar-refractivity contribution in [3.05, 3.63) is 41.2 Å². The van der Waals surface area contributed by atoms with Crippen LogP contribution in [-0.4, -0.2) is 55.4 Å². The summed E-state index contributed by atoms with van der Waals surface area (Å²) >= 11 is 0. The summed E-state index contributed by atoms with van der Waals surface area (Å²) in [6, 6.07) is 7.00. The largest absolute Gasteiger partial charge is 0.352 e. The molecule has 3 amide bonds. The number of benzene rings is 1. The molecule has 1 aliphatic carbocycles. The van der Waals surface area contributed by atoms with Crippen LogP contribution in [0.4, 0.5) is 0 Å². The highest BCUT2D eigenvalue weighted by Crippen LogP contribution is 2.22. The molecule has 2 aliphatic rings. The number of amides is 3. The molecular weight excluding hydrogens is 360 g/mol. The number of hydrogen-bond acceptors (Lipinski definition) is 6. The lowest BCUT2D eigenvalue weighted by molar-refractivity contribution is -0.123. The van der Waals surface area contributed by atoms with E-state index in [4.69, 9.17) is 0 Å².